The maximum atomic E-state index is 10.4. The van der Waals surface area contributed by atoms with Gasteiger partial charge in [-0.1, -0.05) is 0 Å². The van der Waals surface area contributed by atoms with Gasteiger partial charge >= 0.3 is 0 Å². The molecule has 6 nitrogen and oxygen atoms in total. The first-order valence-corrected chi connectivity index (χ1v) is 5.69. The number of aliphatic hydroxyl groups is 1. The van der Waals surface area contributed by atoms with Crippen LogP contribution in [0.5, 0.6) is 0 Å². The zero-order chi connectivity index (χ0) is 12.3. The number of nitrogens with two attached hydrogens (primary N) is 1. The molecule has 1 saturated heterocycles. The van der Waals surface area contributed by atoms with E-state index in [1.807, 2.05) is 11.9 Å². The molecule has 1 aliphatic heterocycles. The fourth-order valence-electron chi connectivity index (χ4n) is 1.97. The predicted octanol–water partition coefficient (Wildman–Crippen LogP) is 0.0365. The van der Waals surface area contributed by atoms with Gasteiger partial charge in [0, 0.05) is 45.8 Å². The molecule has 6 heteroatoms. The molecule has 0 aliphatic carbocycles. The molecule has 0 spiro atoms. The van der Waals surface area contributed by atoms with Crippen molar-refractivity contribution in [1.82, 2.24) is 9.97 Å². The van der Waals surface area contributed by atoms with E-state index in [2.05, 4.69) is 9.97 Å². The Bertz CT molecular complexity index is 379. The molecule has 1 fully saturated rings. The number of nitrogens with zero attached hydrogens (tertiary/aromatic N) is 3. The molecule has 3 N–H and O–H groups in total. The normalized spacial score (nSPS) is 18.9. The van der Waals surface area contributed by atoms with Gasteiger partial charge in [-0.3, -0.25) is 0 Å². The summed E-state index contributed by atoms with van der Waals surface area (Å²) in [4.78, 5) is 10.1. The maximum Gasteiger partial charge on any atom is 0.227 e. The summed E-state index contributed by atoms with van der Waals surface area (Å²) in [6.07, 6.45) is 2.89. The van der Waals surface area contributed by atoms with Crippen LogP contribution in [-0.2, 0) is 4.74 Å². The zero-order valence-corrected chi connectivity index (χ0v) is 9.96. The number of rotatable bonds is 3. The molecular formula is C11H18N4O2. The van der Waals surface area contributed by atoms with Gasteiger partial charge in [0.1, 0.15) is 5.82 Å². The minimum absolute atomic E-state index is 0.431. The lowest BCUT2D eigenvalue weighted by Gasteiger charge is -2.35. The highest BCUT2D eigenvalue weighted by atomic mass is 16.5. The standard InChI is InChI=1S/C11H18N4O2/c1-15(10-13-5-2-9(12)14-10)8-11(16)3-6-17-7-4-11/h2,5,16H,3-4,6-8H2,1H3,(H2,12,13,14). The van der Waals surface area contributed by atoms with Crippen LogP contribution in [0.3, 0.4) is 0 Å². The van der Waals surface area contributed by atoms with E-state index in [1.54, 1.807) is 12.3 Å². The Balaban J connectivity index is 2.03. The zero-order valence-electron chi connectivity index (χ0n) is 9.96. The molecule has 0 bridgehead atoms. The van der Waals surface area contributed by atoms with E-state index in [-0.39, 0.29) is 0 Å². The second kappa shape index (κ2) is 4.85. The first-order chi connectivity index (χ1) is 8.09. The highest BCUT2D eigenvalue weighted by Crippen LogP contribution is 2.22. The van der Waals surface area contributed by atoms with E-state index in [9.17, 15) is 5.11 Å². The summed E-state index contributed by atoms with van der Waals surface area (Å²) in [5.74, 6) is 0.964. The van der Waals surface area contributed by atoms with E-state index in [1.165, 1.54) is 0 Å². The van der Waals surface area contributed by atoms with Crippen molar-refractivity contribution in [2.24, 2.45) is 0 Å². The van der Waals surface area contributed by atoms with E-state index >= 15 is 0 Å². The van der Waals surface area contributed by atoms with Crippen molar-refractivity contribution in [2.75, 3.05) is 37.4 Å². The van der Waals surface area contributed by atoms with Crippen LogP contribution in [0.1, 0.15) is 12.8 Å². The van der Waals surface area contributed by atoms with Gasteiger partial charge in [0.2, 0.25) is 5.95 Å². The third kappa shape index (κ3) is 3.04. The van der Waals surface area contributed by atoms with Crippen molar-refractivity contribution < 1.29 is 9.84 Å². The quantitative estimate of drug-likeness (QED) is 0.773. The topological polar surface area (TPSA) is 84.5 Å². The van der Waals surface area contributed by atoms with E-state index < -0.39 is 5.60 Å². The van der Waals surface area contributed by atoms with Gasteiger partial charge in [-0.25, -0.2) is 4.98 Å². The van der Waals surface area contributed by atoms with Crippen molar-refractivity contribution in [3.8, 4) is 0 Å². The monoisotopic (exact) mass is 238 g/mol. The summed E-state index contributed by atoms with van der Waals surface area (Å²) < 4.78 is 5.24. The third-order valence-corrected chi connectivity index (χ3v) is 2.96. The summed E-state index contributed by atoms with van der Waals surface area (Å²) in [5, 5.41) is 10.4. The fraction of sp³-hybridized carbons (Fsp3) is 0.636. The second-order valence-corrected chi connectivity index (χ2v) is 4.47. The number of ether oxygens (including phenoxy) is 1. The second-order valence-electron chi connectivity index (χ2n) is 4.47. The van der Waals surface area contributed by atoms with Crippen molar-refractivity contribution in [3.63, 3.8) is 0 Å². The molecule has 0 unspecified atom stereocenters. The van der Waals surface area contributed by atoms with Gasteiger partial charge in [0.25, 0.3) is 0 Å². The van der Waals surface area contributed by atoms with Gasteiger partial charge in [-0.05, 0) is 6.07 Å². The molecule has 1 aromatic rings. The van der Waals surface area contributed by atoms with Crippen molar-refractivity contribution in [3.05, 3.63) is 12.3 Å². The highest BCUT2D eigenvalue weighted by molar-refractivity contribution is 5.37. The molecule has 0 amide bonds. The summed E-state index contributed by atoms with van der Waals surface area (Å²) in [5.41, 5.74) is 4.88. The molecule has 2 rings (SSSR count). The Morgan fingerprint density at radius 1 is 1.53 bits per heavy atom. The maximum absolute atomic E-state index is 10.4. The van der Waals surface area contributed by atoms with Crippen LogP contribution in [0.4, 0.5) is 11.8 Å². The molecule has 0 aromatic carbocycles. The molecule has 2 heterocycles. The molecule has 1 aliphatic rings. The predicted molar refractivity (Wildman–Crippen MR) is 64.7 cm³/mol. The number of hydrogen-bond acceptors (Lipinski definition) is 6. The minimum atomic E-state index is -0.721. The first-order valence-electron chi connectivity index (χ1n) is 5.69. The Hall–Kier alpha value is -1.40. The average molecular weight is 238 g/mol. The largest absolute Gasteiger partial charge is 0.388 e. The molecule has 94 valence electrons. The lowest BCUT2D eigenvalue weighted by Crippen LogP contribution is -2.46. The minimum Gasteiger partial charge on any atom is -0.388 e. The van der Waals surface area contributed by atoms with Crippen LogP contribution in [0, 0.1) is 0 Å². The summed E-state index contributed by atoms with van der Waals surface area (Å²) >= 11 is 0. The van der Waals surface area contributed by atoms with Gasteiger partial charge in [0.05, 0.1) is 5.60 Å². The Morgan fingerprint density at radius 3 is 2.88 bits per heavy atom. The molecule has 1 aromatic heterocycles. The molecule has 0 saturated carbocycles. The van der Waals surface area contributed by atoms with Crippen molar-refractivity contribution in [2.45, 2.75) is 18.4 Å². The lowest BCUT2D eigenvalue weighted by molar-refractivity contribution is -0.0574. The van der Waals surface area contributed by atoms with Crippen LogP contribution in [0.2, 0.25) is 0 Å². The fourth-order valence-corrected chi connectivity index (χ4v) is 1.97. The summed E-state index contributed by atoms with van der Waals surface area (Å²) in [6.45, 7) is 1.68. The number of nitrogen functional groups attached to an aromatic ring is 1. The molecule has 0 radical (unpaired) electrons. The molecule has 17 heavy (non-hydrogen) atoms. The van der Waals surface area contributed by atoms with Gasteiger partial charge < -0.3 is 20.5 Å². The smallest absolute Gasteiger partial charge is 0.227 e. The Morgan fingerprint density at radius 2 is 2.24 bits per heavy atom. The highest BCUT2D eigenvalue weighted by Gasteiger charge is 2.31. The molecular weight excluding hydrogens is 220 g/mol. The van der Waals surface area contributed by atoms with E-state index in [0.717, 1.165) is 0 Å². The van der Waals surface area contributed by atoms with Crippen LogP contribution >= 0.6 is 0 Å². The van der Waals surface area contributed by atoms with Gasteiger partial charge in [-0.15, -0.1) is 0 Å². The van der Waals surface area contributed by atoms with Crippen LogP contribution in [0.25, 0.3) is 0 Å². The number of aromatic nitrogens is 2. The van der Waals surface area contributed by atoms with Crippen molar-refractivity contribution >= 4 is 11.8 Å². The van der Waals surface area contributed by atoms with Gasteiger partial charge in [-0.2, -0.15) is 4.98 Å². The first kappa shape index (κ1) is 12.1. The van der Waals surface area contributed by atoms with Gasteiger partial charge in [0.15, 0.2) is 0 Å². The molecule has 0 atom stereocenters. The van der Waals surface area contributed by atoms with E-state index in [0.29, 0.717) is 44.4 Å². The Labute approximate surface area is 100 Å². The average Bonchev–Trinajstić information content (AvgIpc) is 2.29. The Kier molecular flexibility index (Phi) is 3.44. The third-order valence-electron chi connectivity index (χ3n) is 2.96. The number of anilines is 2. The SMILES string of the molecule is CN(CC1(O)CCOCC1)c1nccc(N)n1. The van der Waals surface area contributed by atoms with E-state index in [4.69, 9.17) is 10.5 Å². The van der Waals surface area contributed by atoms with Crippen LogP contribution in [0.15, 0.2) is 12.3 Å². The van der Waals surface area contributed by atoms with Crippen LogP contribution in [-0.4, -0.2) is 47.5 Å². The van der Waals surface area contributed by atoms with Crippen LogP contribution < -0.4 is 10.6 Å². The number of hydrogen-bond donors (Lipinski definition) is 2. The van der Waals surface area contributed by atoms with Crippen molar-refractivity contribution in [1.29, 1.82) is 0 Å². The lowest BCUT2D eigenvalue weighted by atomic mass is 9.94. The summed E-state index contributed by atoms with van der Waals surface area (Å²) in [6, 6.07) is 1.64. The summed E-state index contributed by atoms with van der Waals surface area (Å²) in [7, 11) is 1.85. The number of likely N-dealkylation sites (N-methyl/N-ethyl adjacent to an activating group) is 1.